The van der Waals surface area contributed by atoms with Gasteiger partial charge in [0.25, 0.3) is 0 Å². The summed E-state index contributed by atoms with van der Waals surface area (Å²) in [5.41, 5.74) is 1.76. The largest absolute Gasteiger partial charge is 0.461 e. The Balaban J connectivity index is 2.25. The predicted octanol–water partition coefficient (Wildman–Crippen LogP) is 2.85. The lowest BCUT2D eigenvalue weighted by Gasteiger charge is -1.98. The molecule has 1 heterocycles. The molecule has 0 saturated carbocycles. The Labute approximate surface area is 98.4 Å². The van der Waals surface area contributed by atoms with E-state index in [1.807, 2.05) is 31.2 Å². The van der Waals surface area contributed by atoms with Crippen LogP contribution < -0.4 is 0 Å². The minimum atomic E-state index is -3.42. The summed E-state index contributed by atoms with van der Waals surface area (Å²) < 4.78 is 27.1. The molecule has 1 aromatic heterocycles. The third kappa shape index (κ3) is 2.77. The van der Waals surface area contributed by atoms with Crippen molar-refractivity contribution in [2.24, 2.45) is 0 Å². The SMILES string of the molecule is Cc1cc2cc(CCS(=O)(=O)Cl)ccc2o1. The Bertz CT molecular complexity index is 613. The Morgan fingerprint density at radius 3 is 2.75 bits per heavy atom. The van der Waals surface area contributed by atoms with Crippen LogP contribution in [0.5, 0.6) is 0 Å². The van der Waals surface area contributed by atoms with Crippen LogP contribution >= 0.6 is 10.7 Å². The van der Waals surface area contributed by atoms with Crippen molar-refractivity contribution in [3.05, 3.63) is 35.6 Å². The zero-order valence-electron chi connectivity index (χ0n) is 8.73. The van der Waals surface area contributed by atoms with Crippen LogP contribution in [0.3, 0.4) is 0 Å². The van der Waals surface area contributed by atoms with Crippen molar-refractivity contribution in [1.29, 1.82) is 0 Å². The molecule has 0 aliphatic rings. The third-order valence-electron chi connectivity index (χ3n) is 2.34. The van der Waals surface area contributed by atoms with Crippen LogP contribution in [0.2, 0.25) is 0 Å². The lowest BCUT2D eigenvalue weighted by atomic mass is 10.1. The van der Waals surface area contributed by atoms with E-state index in [2.05, 4.69) is 0 Å². The Hall–Kier alpha value is -1.00. The molecular formula is C11H11ClO3S. The second-order valence-corrected chi connectivity index (χ2v) is 6.62. The summed E-state index contributed by atoms with van der Waals surface area (Å²) in [4.78, 5) is 0. The van der Waals surface area contributed by atoms with Gasteiger partial charge in [0.05, 0.1) is 5.75 Å². The van der Waals surface area contributed by atoms with Crippen molar-refractivity contribution < 1.29 is 12.8 Å². The Morgan fingerprint density at radius 1 is 1.31 bits per heavy atom. The maximum atomic E-state index is 10.8. The minimum Gasteiger partial charge on any atom is -0.461 e. The molecule has 3 nitrogen and oxygen atoms in total. The van der Waals surface area contributed by atoms with Crippen LogP contribution in [-0.4, -0.2) is 14.2 Å². The molecule has 1 aromatic carbocycles. The number of aryl methyl sites for hydroxylation is 2. The van der Waals surface area contributed by atoms with E-state index in [0.29, 0.717) is 6.42 Å². The molecule has 0 aliphatic carbocycles. The van der Waals surface area contributed by atoms with Crippen LogP contribution in [0.25, 0.3) is 11.0 Å². The summed E-state index contributed by atoms with van der Waals surface area (Å²) in [6, 6.07) is 7.55. The van der Waals surface area contributed by atoms with Gasteiger partial charge in [-0.25, -0.2) is 8.42 Å². The van der Waals surface area contributed by atoms with Crippen molar-refractivity contribution in [2.75, 3.05) is 5.75 Å². The van der Waals surface area contributed by atoms with Crippen molar-refractivity contribution in [3.63, 3.8) is 0 Å². The predicted molar refractivity (Wildman–Crippen MR) is 64.3 cm³/mol. The molecule has 2 aromatic rings. The van der Waals surface area contributed by atoms with Gasteiger partial charge >= 0.3 is 0 Å². The summed E-state index contributed by atoms with van der Waals surface area (Å²) in [5, 5.41) is 0.988. The van der Waals surface area contributed by atoms with E-state index >= 15 is 0 Å². The number of furan rings is 1. The van der Waals surface area contributed by atoms with Crippen LogP contribution in [0, 0.1) is 6.92 Å². The molecule has 0 atom stereocenters. The highest BCUT2D eigenvalue weighted by molar-refractivity contribution is 8.13. The fourth-order valence-electron chi connectivity index (χ4n) is 1.62. The lowest BCUT2D eigenvalue weighted by Crippen LogP contribution is -2.00. The number of rotatable bonds is 3. The average molecular weight is 259 g/mol. The molecule has 0 bridgehead atoms. The quantitative estimate of drug-likeness (QED) is 0.796. The van der Waals surface area contributed by atoms with Crippen LogP contribution in [0.1, 0.15) is 11.3 Å². The molecule has 0 saturated heterocycles. The van der Waals surface area contributed by atoms with Crippen molar-refractivity contribution in [3.8, 4) is 0 Å². The normalized spacial score (nSPS) is 12.1. The topological polar surface area (TPSA) is 47.3 Å². The second kappa shape index (κ2) is 4.11. The lowest BCUT2D eigenvalue weighted by molar-refractivity contribution is 0.578. The molecule has 16 heavy (non-hydrogen) atoms. The molecular weight excluding hydrogens is 248 g/mol. The average Bonchev–Trinajstić information content (AvgIpc) is 2.52. The molecule has 0 unspecified atom stereocenters. The third-order valence-corrected chi connectivity index (χ3v) is 3.49. The summed E-state index contributed by atoms with van der Waals surface area (Å²) in [5.74, 6) is 0.800. The Morgan fingerprint density at radius 2 is 2.06 bits per heavy atom. The van der Waals surface area contributed by atoms with Gasteiger partial charge in [-0.05, 0) is 37.1 Å². The molecule has 0 N–H and O–H groups in total. The van der Waals surface area contributed by atoms with E-state index in [1.54, 1.807) is 0 Å². The zero-order chi connectivity index (χ0) is 11.8. The smallest absolute Gasteiger partial charge is 0.232 e. The highest BCUT2D eigenvalue weighted by Crippen LogP contribution is 2.20. The van der Waals surface area contributed by atoms with Crippen LogP contribution in [0.4, 0.5) is 0 Å². The van der Waals surface area contributed by atoms with Crippen molar-refractivity contribution in [1.82, 2.24) is 0 Å². The molecule has 0 aliphatic heterocycles. The first-order valence-electron chi connectivity index (χ1n) is 4.85. The zero-order valence-corrected chi connectivity index (χ0v) is 10.3. The van der Waals surface area contributed by atoms with Gasteiger partial charge in [0, 0.05) is 16.1 Å². The summed E-state index contributed by atoms with van der Waals surface area (Å²) in [6.45, 7) is 1.88. The maximum absolute atomic E-state index is 10.8. The summed E-state index contributed by atoms with van der Waals surface area (Å²) >= 11 is 0. The van der Waals surface area contributed by atoms with E-state index in [-0.39, 0.29) is 5.75 Å². The van der Waals surface area contributed by atoms with Gasteiger partial charge in [0.1, 0.15) is 11.3 Å². The molecule has 0 radical (unpaired) electrons. The molecule has 0 fully saturated rings. The maximum Gasteiger partial charge on any atom is 0.232 e. The van der Waals surface area contributed by atoms with Gasteiger partial charge in [-0.3, -0.25) is 0 Å². The first-order valence-corrected chi connectivity index (χ1v) is 7.33. The van der Waals surface area contributed by atoms with Gasteiger partial charge in [-0.1, -0.05) is 6.07 Å². The number of hydrogen-bond acceptors (Lipinski definition) is 3. The van der Waals surface area contributed by atoms with E-state index in [0.717, 1.165) is 22.3 Å². The first-order chi connectivity index (χ1) is 7.44. The standard InChI is InChI=1S/C11H11ClO3S/c1-8-6-10-7-9(2-3-11(10)15-8)4-5-16(12,13)14/h2-3,6-7H,4-5H2,1H3. The fraction of sp³-hybridized carbons (Fsp3) is 0.273. The van der Waals surface area contributed by atoms with Gasteiger partial charge in [0.2, 0.25) is 9.05 Å². The summed E-state index contributed by atoms with van der Waals surface area (Å²) in [6.07, 6.45) is 0.423. The number of hydrogen-bond donors (Lipinski definition) is 0. The minimum absolute atomic E-state index is 0.0447. The van der Waals surface area contributed by atoms with E-state index in [4.69, 9.17) is 15.1 Å². The fourth-order valence-corrected chi connectivity index (χ4v) is 2.33. The Kier molecular flexibility index (Phi) is 2.95. The molecule has 5 heteroatoms. The van der Waals surface area contributed by atoms with E-state index < -0.39 is 9.05 Å². The number of benzene rings is 1. The van der Waals surface area contributed by atoms with Crippen molar-refractivity contribution >= 4 is 30.7 Å². The monoisotopic (exact) mass is 258 g/mol. The first kappa shape index (κ1) is 11.5. The number of fused-ring (bicyclic) bond motifs is 1. The molecule has 0 spiro atoms. The highest BCUT2D eigenvalue weighted by atomic mass is 35.7. The van der Waals surface area contributed by atoms with Crippen LogP contribution in [-0.2, 0) is 15.5 Å². The molecule has 86 valence electrons. The van der Waals surface area contributed by atoms with E-state index in [1.165, 1.54) is 0 Å². The van der Waals surface area contributed by atoms with Gasteiger partial charge in [-0.15, -0.1) is 0 Å². The van der Waals surface area contributed by atoms with Crippen molar-refractivity contribution in [2.45, 2.75) is 13.3 Å². The van der Waals surface area contributed by atoms with Gasteiger partial charge < -0.3 is 4.42 Å². The highest BCUT2D eigenvalue weighted by Gasteiger charge is 2.07. The van der Waals surface area contributed by atoms with E-state index in [9.17, 15) is 8.42 Å². The molecule has 2 rings (SSSR count). The van der Waals surface area contributed by atoms with Crippen LogP contribution in [0.15, 0.2) is 28.7 Å². The van der Waals surface area contributed by atoms with Gasteiger partial charge in [-0.2, -0.15) is 0 Å². The molecule has 0 amide bonds. The number of halogens is 1. The summed E-state index contributed by atoms with van der Waals surface area (Å²) in [7, 11) is 1.74. The van der Waals surface area contributed by atoms with Gasteiger partial charge in [0.15, 0.2) is 0 Å². The second-order valence-electron chi connectivity index (χ2n) is 3.72.